The molecule has 1 atom stereocenters. The first-order valence-corrected chi connectivity index (χ1v) is 10.8. The maximum absolute atomic E-state index is 13.3. The summed E-state index contributed by atoms with van der Waals surface area (Å²) in [4.78, 5) is 12.8. The number of nitrogens with zero attached hydrogens (tertiary/aromatic N) is 2. The molecule has 1 aliphatic heterocycles. The van der Waals surface area contributed by atoms with Crippen molar-refractivity contribution in [2.75, 3.05) is 26.7 Å². The first-order chi connectivity index (χ1) is 13.2. The smallest absolute Gasteiger partial charge is 0.417 e. The van der Waals surface area contributed by atoms with E-state index in [0.29, 0.717) is 12.8 Å². The largest absolute Gasteiger partial charge is 0.444 e. The second kappa shape index (κ2) is 8.51. The predicted molar refractivity (Wildman–Crippen MR) is 102 cm³/mol. The zero-order valence-electron chi connectivity index (χ0n) is 17.0. The molecule has 0 bridgehead atoms. The predicted octanol–water partition coefficient (Wildman–Crippen LogP) is 3.97. The molecule has 0 N–H and O–H groups in total. The monoisotopic (exact) mass is 436 g/mol. The van der Waals surface area contributed by atoms with Gasteiger partial charge in [0.1, 0.15) is 5.60 Å². The van der Waals surface area contributed by atoms with Crippen LogP contribution in [0.3, 0.4) is 0 Å². The summed E-state index contributed by atoms with van der Waals surface area (Å²) >= 11 is 0. The zero-order chi connectivity index (χ0) is 22.0. The van der Waals surface area contributed by atoms with E-state index in [0.717, 1.165) is 22.5 Å². The van der Waals surface area contributed by atoms with E-state index in [1.165, 1.54) is 11.0 Å². The number of benzene rings is 1. The van der Waals surface area contributed by atoms with Crippen molar-refractivity contribution in [2.24, 2.45) is 5.92 Å². The van der Waals surface area contributed by atoms with Crippen molar-refractivity contribution in [1.29, 1.82) is 0 Å². The highest BCUT2D eigenvalue weighted by molar-refractivity contribution is 7.89. The molecule has 0 spiro atoms. The van der Waals surface area contributed by atoms with Gasteiger partial charge in [0, 0.05) is 26.7 Å². The Morgan fingerprint density at radius 1 is 1.24 bits per heavy atom. The van der Waals surface area contributed by atoms with Crippen LogP contribution in [-0.2, 0) is 20.9 Å². The number of ether oxygens (including phenoxy) is 1. The van der Waals surface area contributed by atoms with Crippen LogP contribution in [-0.4, -0.2) is 56.0 Å². The third-order valence-electron chi connectivity index (χ3n) is 4.53. The molecule has 1 heterocycles. The highest BCUT2D eigenvalue weighted by Crippen LogP contribution is 2.36. The molecule has 29 heavy (non-hydrogen) atoms. The zero-order valence-corrected chi connectivity index (χ0v) is 17.8. The van der Waals surface area contributed by atoms with Gasteiger partial charge in [-0.05, 0) is 51.7 Å². The molecule has 1 aliphatic rings. The summed E-state index contributed by atoms with van der Waals surface area (Å²) < 4.78 is 72.1. The topological polar surface area (TPSA) is 66.9 Å². The average molecular weight is 436 g/mol. The van der Waals surface area contributed by atoms with Crippen molar-refractivity contribution in [3.05, 3.63) is 29.8 Å². The van der Waals surface area contributed by atoms with Crippen molar-refractivity contribution in [3.63, 3.8) is 0 Å². The summed E-state index contributed by atoms with van der Waals surface area (Å²) in [6.45, 7) is 5.66. The molecular formula is C19H27F3N2O4S. The number of carbonyl (C=O) groups is 1. The van der Waals surface area contributed by atoms with Crippen LogP contribution in [0.4, 0.5) is 18.0 Å². The first kappa shape index (κ1) is 23.5. The third-order valence-corrected chi connectivity index (χ3v) is 6.45. The van der Waals surface area contributed by atoms with Crippen LogP contribution >= 0.6 is 0 Å². The molecule has 1 fully saturated rings. The van der Waals surface area contributed by atoms with Crippen molar-refractivity contribution < 1.29 is 31.1 Å². The van der Waals surface area contributed by atoms with Gasteiger partial charge in [-0.3, -0.25) is 0 Å². The van der Waals surface area contributed by atoms with Crippen LogP contribution in [0.15, 0.2) is 29.2 Å². The third kappa shape index (κ3) is 6.08. The van der Waals surface area contributed by atoms with E-state index in [-0.39, 0.29) is 25.6 Å². The Bertz CT molecular complexity index is 835. The second-order valence-electron chi connectivity index (χ2n) is 8.23. The first-order valence-electron chi connectivity index (χ1n) is 9.32. The molecule has 164 valence electrons. The van der Waals surface area contributed by atoms with E-state index >= 15 is 0 Å². The van der Waals surface area contributed by atoms with E-state index in [9.17, 15) is 26.4 Å². The van der Waals surface area contributed by atoms with Gasteiger partial charge in [-0.2, -0.15) is 17.5 Å². The Morgan fingerprint density at radius 2 is 1.86 bits per heavy atom. The Morgan fingerprint density at radius 3 is 2.45 bits per heavy atom. The quantitative estimate of drug-likeness (QED) is 0.716. The van der Waals surface area contributed by atoms with Crippen LogP contribution in [0.2, 0.25) is 0 Å². The number of amides is 1. The Labute approximate surface area is 169 Å². The molecule has 0 radical (unpaired) electrons. The van der Waals surface area contributed by atoms with Gasteiger partial charge >= 0.3 is 12.3 Å². The molecule has 10 heteroatoms. The minimum absolute atomic E-state index is 0.0433. The number of halogens is 3. The number of sulfonamides is 1. The van der Waals surface area contributed by atoms with Gasteiger partial charge in [0.2, 0.25) is 10.0 Å². The van der Waals surface area contributed by atoms with Gasteiger partial charge in [-0.1, -0.05) is 12.1 Å². The van der Waals surface area contributed by atoms with Gasteiger partial charge in [0.15, 0.2) is 0 Å². The minimum atomic E-state index is -4.77. The fourth-order valence-corrected chi connectivity index (χ4v) is 5.03. The van der Waals surface area contributed by atoms with E-state index in [2.05, 4.69) is 0 Å². The lowest BCUT2D eigenvalue weighted by atomic mass is 9.99. The summed E-state index contributed by atoms with van der Waals surface area (Å²) in [7, 11) is -2.76. The molecule has 0 aromatic heterocycles. The molecular weight excluding hydrogens is 409 g/mol. The average Bonchev–Trinajstić information content (AvgIpc) is 2.59. The van der Waals surface area contributed by atoms with Crippen LogP contribution in [0.1, 0.15) is 39.2 Å². The molecule has 2 rings (SSSR count). The summed E-state index contributed by atoms with van der Waals surface area (Å²) in [5.41, 5.74) is -1.83. The fourth-order valence-electron chi connectivity index (χ4n) is 3.26. The SMILES string of the molecule is CN(CC1CCCN(S(=O)(=O)c2ccccc2C(F)(F)F)C1)C(=O)OC(C)(C)C. The van der Waals surface area contributed by atoms with Crippen molar-refractivity contribution in [2.45, 2.75) is 50.3 Å². The Kier molecular flexibility index (Phi) is 6.89. The molecule has 1 aromatic rings. The number of rotatable bonds is 4. The number of alkyl halides is 3. The van der Waals surface area contributed by atoms with Gasteiger partial charge in [0.25, 0.3) is 0 Å². The van der Waals surface area contributed by atoms with E-state index in [1.54, 1.807) is 27.8 Å². The summed E-state index contributed by atoms with van der Waals surface area (Å²) in [5, 5.41) is 0. The fraction of sp³-hybridized carbons (Fsp3) is 0.632. The molecule has 1 saturated heterocycles. The molecule has 1 aromatic carbocycles. The summed E-state index contributed by atoms with van der Waals surface area (Å²) in [6.07, 6.45) is -4.13. The maximum atomic E-state index is 13.3. The molecule has 1 amide bonds. The summed E-state index contributed by atoms with van der Waals surface area (Å²) in [5.74, 6) is -0.200. The second-order valence-corrected chi connectivity index (χ2v) is 10.1. The number of piperidine rings is 1. The van der Waals surface area contributed by atoms with E-state index < -0.39 is 38.4 Å². The lowest BCUT2D eigenvalue weighted by molar-refractivity contribution is -0.139. The lowest BCUT2D eigenvalue weighted by Gasteiger charge is -2.34. The van der Waals surface area contributed by atoms with Crippen molar-refractivity contribution >= 4 is 16.1 Å². The Balaban J connectivity index is 2.16. The lowest BCUT2D eigenvalue weighted by Crippen LogP contribution is -2.45. The van der Waals surface area contributed by atoms with E-state index in [4.69, 9.17) is 4.74 Å². The highest BCUT2D eigenvalue weighted by Gasteiger charge is 2.40. The van der Waals surface area contributed by atoms with Gasteiger partial charge in [-0.15, -0.1) is 0 Å². The molecule has 0 aliphatic carbocycles. The number of carbonyl (C=O) groups excluding carboxylic acids is 1. The normalized spacial score (nSPS) is 19.1. The summed E-state index contributed by atoms with van der Waals surface area (Å²) in [6, 6.07) is 4.19. The van der Waals surface area contributed by atoms with Crippen LogP contribution in [0, 0.1) is 5.92 Å². The minimum Gasteiger partial charge on any atom is -0.444 e. The maximum Gasteiger partial charge on any atom is 0.417 e. The van der Waals surface area contributed by atoms with Gasteiger partial charge < -0.3 is 9.64 Å². The molecule has 1 unspecified atom stereocenters. The Hall–Kier alpha value is -1.81. The van der Waals surface area contributed by atoms with Crippen molar-refractivity contribution in [1.82, 2.24) is 9.21 Å². The standard InChI is InChI=1S/C19H27F3N2O4S/c1-18(2,3)28-17(25)23(4)12-14-8-7-11-24(13-14)29(26,27)16-10-6-5-9-15(16)19(20,21)22/h5-6,9-10,14H,7-8,11-13H2,1-4H3. The van der Waals surface area contributed by atoms with Gasteiger partial charge in [0.05, 0.1) is 10.5 Å². The van der Waals surface area contributed by atoms with Gasteiger partial charge in [-0.25, -0.2) is 13.2 Å². The molecule has 6 nitrogen and oxygen atoms in total. The number of hydrogen-bond acceptors (Lipinski definition) is 4. The van der Waals surface area contributed by atoms with Crippen molar-refractivity contribution in [3.8, 4) is 0 Å². The number of hydrogen-bond donors (Lipinski definition) is 0. The highest BCUT2D eigenvalue weighted by atomic mass is 32.2. The molecule has 0 saturated carbocycles. The van der Waals surface area contributed by atoms with E-state index in [1.807, 2.05) is 0 Å². The van der Waals surface area contributed by atoms with Crippen LogP contribution in [0.5, 0.6) is 0 Å². The van der Waals surface area contributed by atoms with Crippen LogP contribution < -0.4 is 0 Å². The van der Waals surface area contributed by atoms with Crippen LogP contribution in [0.25, 0.3) is 0 Å².